The number of carbonyl (C=O) groups excluding carboxylic acids is 3. The standard InChI is InChI=1S/C30H37N6O12P/c1-19(2)45-27(39)20(3)35-49(40,48-21-9-7-6-8-10-21)44-16-29(15-31)28(46-24(37)13-41-4)30(17-43-29,47-25(38)14-42-5)23-12-11-22-26(32)33-18-34-36(22)23/h6-12,18-20,28H,13-14,16-17H2,1-5H3,(H,35,40)(H2,32,33,34)/t20-,28+,29+,30+,49?/m0/s1. The number of nitrogens with one attached hydrogen (secondary N) is 1. The molecular formula is C30H37N6O12P. The number of carbonyl (C=O) groups is 3. The van der Waals surface area contributed by atoms with Crippen molar-refractivity contribution in [3.63, 3.8) is 0 Å². The fraction of sp³-hybridized carbons (Fsp3) is 0.467. The van der Waals surface area contributed by atoms with Crippen molar-refractivity contribution < 1.29 is 56.4 Å². The summed E-state index contributed by atoms with van der Waals surface area (Å²) in [5.74, 6) is -2.52. The predicted octanol–water partition coefficient (Wildman–Crippen LogP) is 1.68. The summed E-state index contributed by atoms with van der Waals surface area (Å²) < 4.78 is 59.9. The maximum Gasteiger partial charge on any atom is 0.459 e. The fourth-order valence-corrected chi connectivity index (χ4v) is 6.48. The molecule has 1 unspecified atom stereocenters. The van der Waals surface area contributed by atoms with Crippen LogP contribution in [0.3, 0.4) is 0 Å². The van der Waals surface area contributed by atoms with Gasteiger partial charge in [-0.25, -0.2) is 23.7 Å². The molecule has 1 fully saturated rings. The van der Waals surface area contributed by atoms with Crippen LogP contribution in [0.4, 0.5) is 5.82 Å². The second-order valence-electron chi connectivity index (χ2n) is 11.1. The molecule has 1 aliphatic heterocycles. The van der Waals surface area contributed by atoms with Crippen molar-refractivity contribution in [2.24, 2.45) is 0 Å². The minimum Gasteiger partial charge on any atom is -0.462 e. The number of esters is 3. The summed E-state index contributed by atoms with van der Waals surface area (Å²) in [6.45, 7) is 2.03. The van der Waals surface area contributed by atoms with Crippen molar-refractivity contribution in [2.75, 3.05) is 46.4 Å². The second kappa shape index (κ2) is 15.7. The summed E-state index contributed by atoms with van der Waals surface area (Å²) in [5, 5.41) is 17.4. The van der Waals surface area contributed by atoms with E-state index in [0.29, 0.717) is 5.52 Å². The number of nitrogen functional groups attached to an aromatic ring is 1. The monoisotopic (exact) mass is 704 g/mol. The van der Waals surface area contributed by atoms with Crippen LogP contribution in [-0.4, -0.2) is 97.0 Å². The highest BCUT2D eigenvalue weighted by Crippen LogP contribution is 2.50. The highest BCUT2D eigenvalue weighted by Gasteiger charge is 2.67. The number of anilines is 1. The summed E-state index contributed by atoms with van der Waals surface area (Å²) in [6.07, 6.45) is -1.16. The van der Waals surface area contributed by atoms with E-state index in [0.717, 1.165) is 6.33 Å². The third-order valence-corrected chi connectivity index (χ3v) is 8.66. The number of para-hydroxylation sites is 1. The topological polar surface area (TPSA) is 234 Å². The summed E-state index contributed by atoms with van der Waals surface area (Å²) >= 11 is 0. The molecule has 3 heterocycles. The Morgan fingerprint density at radius 3 is 2.47 bits per heavy atom. The van der Waals surface area contributed by atoms with Crippen LogP contribution in [0.1, 0.15) is 26.5 Å². The number of rotatable bonds is 16. The van der Waals surface area contributed by atoms with E-state index in [9.17, 15) is 24.2 Å². The summed E-state index contributed by atoms with van der Waals surface area (Å²) in [5.41, 5.74) is 1.98. The van der Waals surface area contributed by atoms with Crippen molar-refractivity contribution in [3.05, 3.63) is 54.5 Å². The number of hydrogen-bond acceptors (Lipinski definition) is 16. The van der Waals surface area contributed by atoms with Crippen molar-refractivity contribution in [1.82, 2.24) is 19.7 Å². The molecule has 1 aromatic carbocycles. The van der Waals surface area contributed by atoms with Crippen LogP contribution in [0.2, 0.25) is 0 Å². The number of nitriles is 1. The maximum atomic E-state index is 14.3. The quantitative estimate of drug-likeness (QED) is 0.123. The lowest BCUT2D eigenvalue weighted by atomic mass is 9.85. The molecule has 3 aromatic rings. The zero-order valence-corrected chi connectivity index (χ0v) is 28.3. The van der Waals surface area contributed by atoms with E-state index in [2.05, 4.69) is 15.2 Å². The Morgan fingerprint density at radius 1 is 1.12 bits per heavy atom. The van der Waals surface area contributed by atoms with Gasteiger partial charge in [0.15, 0.2) is 11.9 Å². The lowest BCUT2D eigenvalue weighted by Gasteiger charge is -2.36. The van der Waals surface area contributed by atoms with Gasteiger partial charge in [0.1, 0.15) is 49.5 Å². The second-order valence-corrected chi connectivity index (χ2v) is 12.8. The number of methoxy groups -OCH3 is 2. The SMILES string of the molecule is COCC(=O)O[C@@H]1[C@@](C#N)(COP(=O)(N[C@@H](C)C(=O)OC(C)C)Oc2ccccc2)OC[C@@]1(OC(=O)COC)c1ccc2c(N)ncnn12. The minimum absolute atomic E-state index is 0.0662. The normalized spacial score (nSPS) is 22.2. The van der Waals surface area contributed by atoms with Crippen LogP contribution in [0.15, 0.2) is 48.8 Å². The van der Waals surface area contributed by atoms with Gasteiger partial charge in [0.2, 0.25) is 11.2 Å². The number of fused-ring (bicyclic) bond motifs is 1. The zero-order chi connectivity index (χ0) is 35.8. The van der Waals surface area contributed by atoms with E-state index in [1.54, 1.807) is 32.0 Å². The van der Waals surface area contributed by atoms with E-state index in [1.807, 2.05) is 6.07 Å². The van der Waals surface area contributed by atoms with Crippen LogP contribution >= 0.6 is 7.75 Å². The van der Waals surface area contributed by atoms with E-state index >= 15 is 0 Å². The molecule has 1 saturated heterocycles. The minimum atomic E-state index is -4.58. The third kappa shape index (κ3) is 8.33. The molecule has 5 atom stereocenters. The maximum absolute atomic E-state index is 14.3. The van der Waals surface area contributed by atoms with Gasteiger partial charge in [0, 0.05) is 14.2 Å². The van der Waals surface area contributed by atoms with Crippen molar-refractivity contribution in [2.45, 2.75) is 50.2 Å². The lowest BCUT2D eigenvalue weighted by molar-refractivity contribution is -0.191. The van der Waals surface area contributed by atoms with Crippen LogP contribution in [0.25, 0.3) is 5.52 Å². The Hall–Kier alpha value is -4.63. The molecular weight excluding hydrogens is 667 g/mol. The molecule has 0 bridgehead atoms. The highest BCUT2D eigenvalue weighted by atomic mass is 31.2. The molecule has 0 radical (unpaired) electrons. The number of hydrogen-bond donors (Lipinski definition) is 2. The molecule has 0 amide bonds. The molecule has 18 nitrogen and oxygen atoms in total. The van der Waals surface area contributed by atoms with Gasteiger partial charge in [-0.1, -0.05) is 18.2 Å². The molecule has 4 rings (SSSR count). The van der Waals surface area contributed by atoms with Gasteiger partial charge in [-0.3, -0.25) is 9.32 Å². The first-order chi connectivity index (χ1) is 23.3. The Morgan fingerprint density at radius 2 is 1.82 bits per heavy atom. The molecule has 0 saturated carbocycles. The van der Waals surface area contributed by atoms with E-state index < -0.39 is 81.5 Å². The number of nitrogens with two attached hydrogens (primary N) is 1. The first-order valence-corrected chi connectivity index (χ1v) is 16.4. The van der Waals surface area contributed by atoms with E-state index in [1.165, 1.54) is 49.9 Å². The molecule has 1 aliphatic rings. The first-order valence-electron chi connectivity index (χ1n) is 14.8. The van der Waals surface area contributed by atoms with Gasteiger partial charge in [0.05, 0.1) is 18.4 Å². The van der Waals surface area contributed by atoms with Gasteiger partial charge in [-0.15, -0.1) is 0 Å². The number of aromatic nitrogens is 3. The highest BCUT2D eigenvalue weighted by molar-refractivity contribution is 7.52. The summed E-state index contributed by atoms with van der Waals surface area (Å²) in [4.78, 5) is 42.7. The smallest absolute Gasteiger partial charge is 0.459 e. The van der Waals surface area contributed by atoms with Crippen molar-refractivity contribution in [1.29, 1.82) is 5.26 Å². The van der Waals surface area contributed by atoms with Gasteiger partial charge < -0.3 is 38.7 Å². The fourth-order valence-electron chi connectivity index (χ4n) is 4.96. The third-order valence-electron chi connectivity index (χ3n) is 7.04. The molecule has 0 spiro atoms. The molecule has 19 heteroatoms. The molecule has 264 valence electrons. The molecule has 3 N–H and O–H groups in total. The molecule has 0 aliphatic carbocycles. The summed E-state index contributed by atoms with van der Waals surface area (Å²) in [6, 6.07) is 11.6. The number of nitrogens with zero attached hydrogens (tertiary/aromatic N) is 4. The van der Waals surface area contributed by atoms with Crippen LogP contribution in [-0.2, 0) is 57.5 Å². The van der Waals surface area contributed by atoms with Gasteiger partial charge >= 0.3 is 25.7 Å². The molecule has 2 aromatic heterocycles. The average Bonchev–Trinajstić information content (AvgIpc) is 3.62. The van der Waals surface area contributed by atoms with Crippen LogP contribution < -0.4 is 15.3 Å². The first kappa shape index (κ1) is 37.2. The Kier molecular flexibility index (Phi) is 11.9. The Labute approximate surface area is 281 Å². The van der Waals surface area contributed by atoms with Crippen molar-refractivity contribution >= 4 is 37.0 Å². The lowest BCUT2D eigenvalue weighted by Crippen LogP contribution is -2.55. The predicted molar refractivity (Wildman–Crippen MR) is 168 cm³/mol. The Balaban J connectivity index is 1.81. The van der Waals surface area contributed by atoms with Crippen LogP contribution in [0, 0.1) is 11.3 Å². The zero-order valence-electron chi connectivity index (χ0n) is 27.4. The van der Waals surface area contributed by atoms with Crippen molar-refractivity contribution in [3.8, 4) is 11.8 Å². The number of ether oxygens (including phenoxy) is 6. The average molecular weight is 705 g/mol. The van der Waals surface area contributed by atoms with Gasteiger partial charge in [0.25, 0.3) is 0 Å². The van der Waals surface area contributed by atoms with Gasteiger partial charge in [-0.2, -0.15) is 15.4 Å². The largest absolute Gasteiger partial charge is 0.462 e. The van der Waals surface area contributed by atoms with E-state index in [-0.39, 0.29) is 17.3 Å². The molecule has 49 heavy (non-hydrogen) atoms. The Bertz CT molecular complexity index is 1730. The van der Waals surface area contributed by atoms with Gasteiger partial charge in [-0.05, 0) is 45.0 Å². The van der Waals surface area contributed by atoms with Crippen LogP contribution in [0.5, 0.6) is 5.75 Å². The van der Waals surface area contributed by atoms with E-state index in [4.69, 9.17) is 43.2 Å². The summed E-state index contributed by atoms with van der Waals surface area (Å²) in [7, 11) is -2.07. The number of benzene rings is 1.